The van der Waals surface area contributed by atoms with E-state index in [1.807, 2.05) is 6.07 Å². The van der Waals surface area contributed by atoms with Gasteiger partial charge in [0.05, 0.1) is 19.3 Å². The van der Waals surface area contributed by atoms with Gasteiger partial charge in [-0.25, -0.2) is 4.39 Å². The van der Waals surface area contributed by atoms with Crippen LogP contribution in [0.25, 0.3) is 0 Å². The maximum atomic E-state index is 13.5. The van der Waals surface area contributed by atoms with Gasteiger partial charge in [0.15, 0.2) is 0 Å². The van der Waals surface area contributed by atoms with Crippen molar-refractivity contribution < 1.29 is 14.2 Å². The van der Waals surface area contributed by atoms with Crippen LogP contribution in [0.2, 0.25) is 0 Å². The molecule has 2 unspecified atom stereocenters. The third kappa shape index (κ3) is 3.99. The van der Waals surface area contributed by atoms with Crippen molar-refractivity contribution in [3.63, 3.8) is 0 Å². The Morgan fingerprint density at radius 3 is 3.05 bits per heavy atom. The number of ether oxygens (including phenoxy) is 1. The van der Waals surface area contributed by atoms with Crippen LogP contribution >= 0.6 is 0 Å². The van der Waals surface area contributed by atoms with Crippen LogP contribution in [-0.4, -0.2) is 49.0 Å². The Hall–Kier alpha value is -1.01. The topological polar surface area (TPSA) is 58.7 Å². The first-order chi connectivity index (χ1) is 9.60. The fourth-order valence-electron chi connectivity index (χ4n) is 2.42. The van der Waals surface area contributed by atoms with Gasteiger partial charge in [0, 0.05) is 25.7 Å². The van der Waals surface area contributed by atoms with Crippen LogP contribution in [0.5, 0.6) is 0 Å². The molecule has 20 heavy (non-hydrogen) atoms. The number of aliphatic hydroxyl groups excluding tert-OH is 1. The Morgan fingerprint density at radius 1 is 1.55 bits per heavy atom. The van der Waals surface area contributed by atoms with Crippen LogP contribution in [0.15, 0.2) is 18.2 Å². The molecule has 0 spiro atoms. The third-order valence-corrected chi connectivity index (χ3v) is 3.81. The molecule has 1 aliphatic heterocycles. The number of nitrogens with two attached hydrogens (primary N) is 1. The van der Waals surface area contributed by atoms with E-state index < -0.39 is 0 Å². The van der Waals surface area contributed by atoms with Crippen LogP contribution < -0.4 is 5.73 Å². The molecule has 3 N–H and O–H groups in total. The number of hydrogen-bond donors (Lipinski definition) is 2. The zero-order valence-corrected chi connectivity index (χ0v) is 11.9. The summed E-state index contributed by atoms with van der Waals surface area (Å²) in [6.45, 7) is 4.84. The SMILES string of the molecule is Cc1ccc(C(N)CCN2CCOC(CO)C2)cc1F. The smallest absolute Gasteiger partial charge is 0.126 e. The summed E-state index contributed by atoms with van der Waals surface area (Å²) in [4.78, 5) is 2.23. The normalized spacial score (nSPS) is 21.9. The average molecular weight is 282 g/mol. The molecule has 0 bridgehead atoms. The van der Waals surface area contributed by atoms with E-state index in [4.69, 9.17) is 15.6 Å². The first-order valence-electron chi connectivity index (χ1n) is 7.06. The van der Waals surface area contributed by atoms with E-state index in [0.29, 0.717) is 12.2 Å². The van der Waals surface area contributed by atoms with Gasteiger partial charge in [0.1, 0.15) is 5.82 Å². The van der Waals surface area contributed by atoms with Crippen molar-refractivity contribution in [3.8, 4) is 0 Å². The lowest BCUT2D eigenvalue weighted by atomic mass is 10.0. The minimum absolute atomic E-state index is 0.0473. The molecule has 1 saturated heterocycles. The first kappa shape index (κ1) is 15.4. The number of benzene rings is 1. The van der Waals surface area contributed by atoms with Crippen LogP contribution in [0, 0.1) is 12.7 Å². The molecule has 2 atom stereocenters. The molecule has 1 aromatic carbocycles. The van der Waals surface area contributed by atoms with E-state index in [1.165, 1.54) is 6.07 Å². The summed E-state index contributed by atoms with van der Waals surface area (Å²) in [6.07, 6.45) is 0.664. The lowest BCUT2D eigenvalue weighted by Gasteiger charge is -2.32. The molecule has 1 aliphatic rings. The molecule has 1 heterocycles. The first-order valence-corrected chi connectivity index (χ1v) is 7.06. The van der Waals surface area contributed by atoms with Gasteiger partial charge in [-0.1, -0.05) is 12.1 Å². The van der Waals surface area contributed by atoms with Gasteiger partial charge < -0.3 is 15.6 Å². The number of morpholine rings is 1. The number of halogens is 1. The average Bonchev–Trinajstić information content (AvgIpc) is 2.47. The summed E-state index contributed by atoms with van der Waals surface area (Å²) in [7, 11) is 0. The van der Waals surface area contributed by atoms with E-state index in [1.54, 1.807) is 13.0 Å². The van der Waals surface area contributed by atoms with Gasteiger partial charge in [0.25, 0.3) is 0 Å². The Kier molecular flexibility index (Phi) is 5.48. The Bertz CT molecular complexity index is 442. The van der Waals surface area contributed by atoms with E-state index in [-0.39, 0.29) is 24.6 Å². The molecule has 0 aliphatic carbocycles. The molecule has 4 nitrogen and oxygen atoms in total. The highest BCUT2D eigenvalue weighted by atomic mass is 19.1. The maximum Gasteiger partial charge on any atom is 0.126 e. The monoisotopic (exact) mass is 282 g/mol. The quantitative estimate of drug-likeness (QED) is 0.852. The summed E-state index contributed by atoms with van der Waals surface area (Å²) in [6, 6.07) is 5.01. The summed E-state index contributed by atoms with van der Waals surface area (Å²) in [5, 5.41) is 9.10. The van der Waals surface area contributed by atoms with Crippen LogP contribution in [0.3, 0.4) is 0 Å². The molecular weight excluding hydrogens is 259 g/mol. The maximum absolute atomic E-state index is 13.5. The number of aryl methyl sites for hydroxylation is 1. The predicted molar refractivity (Wildman–Crippen MR) is 75.9 cm³/mol. The fourth-order valence-corrected chi connectivity index (χ4v) is 2.42. The number of aliphatic hydroxyl groups is 1. The zero-order valence-electron chi connectivity index (χ0n) is 11.9. The molecule has 0 amide bonds. The van der Waals surface area contributed by atoms with Crippen molar-refractivity contribution in [3.05, 3.63) is 35.1 Å². The predicted octanol–water partition coefficient (Wildman–Crippen LogP) is 1.22. The van der Waals surface area contributed by atoms with Crippen molar-refractivity contribution in [2.24, 2.45) is 5.73 Å². The summed E-state index contributed by atoms with van der Waals surface area (Å²) in [5.74, 6) is -0.204. The molecule has 1 aromatic rings. The summed E-state index contributed by atoms with van der Waals surface area (Å²) >= 11 is 0. The van der Waals surface area contributed by atoms with Gasteiger partial charge in [-0.3, -0.25) is 4.90 Å². The summed E-state index contributed by atoms with van der Waals surface area (Å²) in [5.41, 5.74) is 7.60. The minimum Gasteiger partial charge on any atom is -0.394 e. The molecule has 0 radical (unpaired) electrons. The van der Waals surface area contributed by atoms with Gasteiger partial charge in [-0.15, -0.1) is 0 Å². The van der Waals surface area contributed by atoms with E-state index in [9.17, 15) is 4.39 Å². The lowest BCUT2D eigenvalue weighted by Crippen LogP contribution is -2.44. The number of nitrogens with zero attached hydrogens (tertiary/aromatic N) is 1. The molecule has 0 aromatic heterocycles. The number of hydrogen-bond acceptors (Lipinski definition) is 4. The van der Waals surface area contributed by atoms with Gasteiger partial charge in [-0.05, 0) is 30.5 Å². The van der Waals surface area contributed by atoms with Crippen molar-refractivity contribution in [1.29, 1.82) is 0 Å². The van der Waals surface area contributed by atoms with Crippen molar-refractivity contribution in [1.82, 2.24) is 4.90 Å². The Morgan fingerprint density at radius 2 is 2.35 bits per heavy atom. The number of rotatable bonds is 5. The van der Waals surface area contributed by atoms with Crippen molar-refractivity contribution in [2.75, 3.05) is 32.8 Å². The molecular formula is C15H23FN2O2. The van der Waals surface area contributed by atoms with Crippen molar-refractivity contribution >= 4 is 0 Å². The summed E-state index contributed by atoms with van der Waals surface area (Å²) < 4.78 is 18.9. The van der Waals surface area contributed by atoms with Gasteiger partial charge in [0.2, 0.25) is 0 Å². The van der Waals surface area contributed by atoms with Crippen LogP contribution in [-0.2, 0) is 4.74 Å². The Balaban J connectivity index is 1.85. The van der Waals surface area contributed by atoms with Gasteiger partial charge in [-0.2, -0.15) is 0 Å². The third-order valence-electron chi connectivity index (χ3n) is 3.81. The zero-order chi connectivity index (χ0) is 14.5. The van der Waals surface area contributed by atoms with Crippen LogP contribution in [0.1, 0.15) is 23.6 Å². The van der Waals surface area contributed by atoms with Crippen molar-refractivity contribution in [2.45, 2.75) is 25.5 Å². The molecule has 0 saturated carbocycles. The standard InChI is InChI=1S/C15H23FN2O2/c1-11-2-3-12(8-14(11)16)15(17)4-5-18-6-7-20-13(9-18)10-19/h2-3,8,13,15,19H,4-7,9-10,17H2,1H3. The highest BCUT2D eigenvalue weighted by molar-refractivity contribution is 5.25. The molecule has 112 valence electrons. The van der Waals surface area contributed by atoms with Crippen LogP contribution in [0.4, 0.5) is 4.39 Å². The second kappa shape index (κ2) is 7.13. The minimum atomic E-state index is -0.204. The van der Waals surface area contributed by atoms with Gasteiger partial charge >= 0.3 is 0 Å². The molecule has 5 heteroatoms. The molecule has 2 rings (SSSR count). The molecule has 1 fully saturated rings. The second-order valence-corrected chi connectivity index (χ2v) is 5.38. The second-order valence-electron chi connectivity index (χ2n) is 5.38. The lowest BCUT2D eigenvalue weighted by molar-refractivity contribution is -0.0531. The highest BCUT2D eigenvalue weighted by Crippen LogP contribution is 2.18. The largest absolute Gasteiger partial charge is 0.394 e. The van der Waals surface area contributed by atoms with E-state index in [0.717, 1.165) is 31.6 Å². The van der Waals surface area contributed by atoms with E-state index in [2.05, 4.69) is 4.90 Å². The Labute approximate surface area is 119 Å². The fraction of sp³-hybridized carbons (Fsp3) is 0.600. The van der Waals surface area contributed by atoms with E-state index >= 15 is 0 Å². The highest BCUT2D eigenvalue weighted by Gasteiger charge is 2.20.